The Labute approximate surface area is 132 Å². The van der Waals surface area contributed by atoms with Crippen LogP contribution in [0.4, 0.5) is 5.82 Å². The van der Waals surface area contributed by atoms with Crippen molar-refractivity contribution in [3.05, 3.63) is 24.3 Å². The van der Waals surface area contributed by atoms with Crippen molar-refractivity contribution < 1.29 is 14.7 Å². The van der Waals surface area contributed by atoms with E-state index in [1.54, 1.807) is 4.90 Å². The van der Waals surface area contributed by atoms with Gasteiger partial charge < -0.3 is 14.9 Å². The summed E-state index contributed by atoms with van der Waals surface area (Å²) in [5.74, 6) is -0.0238. The van der Waals surface area contributed by atoms with E-state index in [1.165, 1.54) is 11.5 Å². The number of rotatable bonds is 4. The quantitative estimate of drug-likeness (QED) is 0.930. The number of hydrogen-bond acceptors (Lipinski definition) is 5. The first-order valence-electron chi connectivity index (χ1n) is 7.24. The van der Waals surface area contributed by atoms with E-state index in [2.05, 4.69) is 21.4 Å². The van der Waals surface area contributed by atoms with Crippen molar-refractivity contribution in [2.24, 2.45) is 0 Å². The van der Waals surface area contributed by atoms with Gasteiger partial charge in [-0.2, -0.15) is 4.37 Å². The van der Waals surface area contributed by atoms with E-state index in [-0.39, 0.29) is 18.7 Å². The maximum Gasteiger partial charge on any atom is 0.303 e. The van der Waals surface area contributed by atoms with Gasteiger partial charge in [-0.3, -0.25) is 9.59 Å². The Morgan fingerprint density at radius 2 is 1.86 bits per heavy atom. The highest BCUT2D eigenvalue weighted by Crippen LogP contribution is 2.29. The summed E-state index contributed by atoms with van der Waals surface area (Å²) in [6.45, 7) is 2.69. The molecule has 0 aliphatic carbocycles. The lowest BCUT2D eigenvalue weighted by Crippen LogP contribution is -2.49. The standard InChI is InChI=1S/C15H17N3O3S/c19-13(5-6-14(20)21)17-7-9-18(10-8-17)15-11-3-1-2-4-12(11)22-16-15/h1-4H,5-10H2,(H,20,21). The molecule has 7 heteroatoms. The van der Waals surface area contributed by atoms with E-state index >= 15 is 0 Å². The fourth-order valence-corrected chi connectivity index (χ4v) is 3.44. The third kappa shape index (κ3) is 3.04. The second kappa shape index (κ2) is 6.31. The van der Waals surface area contributed by atoms with Gasteiger partial charge in [0.15, 0.2) is 0 Å². The molecule has 1 amide bonds. The first-order valence-corrected chi connectivity index (χ1v) is 8.01. The van der Waals surface area contributed by atoms with Gasteiger partial charge in [-0.1, -0.05) is 12.1 Å². The SMILES string of the molecule is O=C(O)CCC(=O)N1CCN(c2nsc3ccccc23)CC1. The topological polar surface area (TPSA) is 73.7 Å². The largest absolute Gasteiger partial charge is 0.481 e. The van der Waals surface area contributed by atoms with Crippen molar-refractivity contribution >= 4 is 39.3 Å². The van der Waals surface area contributed by atoms with Crippen molar-refractivity contribution in [3.63, 3.8) is 0 Å². The van der Waals surface area contributed by atoms with Crippen molar-refractivity contribution in [1.29, 1.82) is 0 Å². The molecule has 1 aliphatic rings. The fraction of sp³-hybridized carbons (Fsp3) is 0.400. The van der Waals surface area contributed by atoms with Crippen LogP contribution in [-0.2, 0) is 9.59 Å². The van der Waals surface area contributed by atoms with Gasteiger partial charge in [-0.25, -0.2) is 0 Å². The Morgan fingerprint density at radius 3 is 2.59 bits per heavy atom. The molecule has 2 aromatic rings. The Hall–Kier alpha value is -2.15. The van der Waals surface area contributed by atoms with Crippen LogP contribution in [0.2, 0.25) is 0 Å². The second-order valence-corrected chi connectivity index (χ2v) is 6.07. The molecule has 0 radical (unpaired) electrons. The van der Waals surface area contributed by atoms with E-state index in [0.29, 0.717) is 13.1 Å². The number of benzene rings is 1. The third-order valence-electron chi connectivity index (χ3n) is 3.84. The van der Waals surface area contributed by atoms with Crippen LogP contribution in [0.15, 0.2) is 24.3 Å². The van der Waals surface area contributed by atoms with Gasteiger partial charge in [-0.15, -0.1) is 0 Å². The Bertz CT molecular complexity index is 692. The molecule has 0 spiro atoms. The summed E-state index contributed by atoms with van der Waals surface area (Å²) in [6.07, 6.45) is -0.0231. The zero-order valence-corrected chi connectivity index (χ0v) is 12.9. The maximum absolute atomic E-state index is 11.9. The number of carbonyl (C=O) groups excluding carboxylic acids is 1. The summed E-state index contributed by atoms with van der Waals surface area (Å²) < 4.78 is 5.70. The highest BCUT2D eigenvalue weighted by atomic mass is 32.1. The van der Waals surface area contributed by atoms with Crippen molar-refractivity contribution in [2.75, 3.05) is 31.1 Å². The molecule has 116 valence electrons. The van der Waals surface area contributed by atoms with Crippen LogP contribution in [-0.4, -0.2) is 52.4 Å². The molecule has 0 unspecified atom stereocenters. The first-order chi connectivity index (χ1) is 10.6. The summed E-state index contributed by atoms with van der Waals surface area (Å²) in [4.78, 5) is 26.4. The minimum Gasteiger partial charge on any atom is -0.481 e. The van der Waals surface area contributed by atoms with Crippen LogP contribution in [0.3, 0.4) is 0 Å². The Morgan fingerprint density at radius 1 is 1.14 bits per heavy atom. The Kier molecular flexibility index (Phi) is 4.24. The lowest BCUT2D eigenvalue weighted by molar-refractivity contribution is -0.141. The minimum atomic E-state index is -0.930. The number of carboxylic acids is 1. The number of hydrogen-bond donors (Lipinski definition) is 1. The second-order valence-electron chi connectivity index (χ2n) is 5.26. The molecule has 3 rings (SSSR count). The molecule has 1 fully saturated rings. The number of carbonyl (C=O) groups is 2. The van der Waals surface area contributed by atoms with E-state index in [0.717, 1.165) is 29.0 Å². The molecule has 1 aromatic carbocycles. The molecular formula is C15H17N3O3S. The normalized spacial score (nSPS) is 15.3. The van der Waals surface area contributed by atoms with E-state index in [9.17, 15) is 9.59 Å². The number of anilines is 1. The smallest absolute Gasteiger partial charge is 0.303 e. The number of amides is 1. The van der Waals surface area contributed by atoms with Gasteiger partial charge in [0.05, 0.1) is 11.1 Å². The molecule has 0 saturated carbocycles. The van der Waals surface area contributed by atoms with Gasteiger partial charge in [0.1, 0.15) is 5.82 Å². The van der Waals surface area contributed by atoms with Crippen LogP contribution in [0, 0.1) is 0 Å². The zero-order chi connectivity index (χ0) is 15.5. The van der Waals surface area contributed by atoms with Gasteiger partial charge >= 0.3 is 5.97 Å². The molecule has 6 nitrogen and oxygen atoms in total. The van der Waals surface area contributed by atoms with Gasteiger partial charge in [-0.05, 0) is 23.7 Å². The summed E-state index contributed by atoms with van der Waals surface area (Å²) in [5.41, 5.74) is 0. The average molecular weight is 319 g/mol. The van der Waals surface area contributed by atoms with E-state index in [1.807, 2.05) is 12.1 Å². The summed E-state index contributed by atoms with van der Waals surface area (Å²) in [6, 6.07) is 8.13. The monoisotopic (exact) mass is 319 g/mol. The first kappa shape index (κ1) is 14.8. The van der Waals surface area contributed by atoms with Crippen LogP contribution in [0.5, 0.6) is 0 Å². The van der Waals surface area contributed by atoms with E-state index < -0.39 is 5.97 Å². The molecule has 1 aromatic heterocycles. The van der Waals surface area contributed by atoms with Gasteiger partial charge in [0, 0.05) is 38.0 Å². The molecule has 1 saturated heterocycles. The van der Waals surface area contributed by atoms with Gasteiger partial charge in [0.2, 0.25) is 5.91 Å². The minimum absolute atomic E-state index is 0.0783. The molecule has 1 N–H and O–H groups in total. The summed E-state index contributed by atoms with van der Waals surface area (Å²) in [5, 5.41) is 9.79. The number of aliphatic carboxylic acids is 1. The summed E-state index contributed by atoms with van der Waals surface area (Å²) >= 11 is 1.49. The number of piperazine rings is 1. The van der Waals surface area contributed by atoms with Crippen LogP contribution in [0.25, 0.3) is 10.1 Å². The van der Waals surface area contributed by atoms with Crippen molar-refractivity contribution in [1.82, 2.24) is 9.27 Å². The predicted octanol–water partition coefficient (Wildman–Crippen LogP) is 1.81. The lowest BCUT2D eigenvalue weighted by Gasteiger charge is -2.35. The molecule has 1 aliphatic heterocycles. The third-order valence-corrected chi connectivity index (χ3v) is 4.66. The number of fused-ring (bicyclic) bond motifs is 1. The highest BCUT2D eigenvalue weighted by molar-refractivity contribution is 7.13. The van der Waals surface area contributed by atoms with Crippen LogP contribution in [0.1, 0.15) is 12.8 Å². The van der Waals surface area contributed by atoms with Crippen molar-refractivity contribution in [3.8, 4) is 0 Å². The van der Waals surface area contributed by atoms with Crippen LogP contribution < -0.4 is 4.90 Å². The molecule has 0 bridgehead atoms. The van der Waals surface area contributed by atoms with Gasteiger partial charge in [0.25, 0.3) is 0 Å². The van der Waals surface area contributed by atoms with Crippen LogP contribution >= 0.6 is 11.5 Å². The van der Waals surface area contributed by atoms with Crippen molar-refractivity contribution in [2.45, 2.75) is 12.8 Å². The van der Waals surface area contributed by atoms with E-state index in [4.69, 9.17) is 5.11 Å². The lowest BCUT2D eigenvalue weighted by atomic mass is 10.2. The molecule has 0 atom stereocenters. The summed E-state index contributed by atoms with van der Waals surface area (Å²) in [7, 11) is 0. The number of nitrogens with zero attached hydrogens (tertiary/aromatic N) is 3. The number of aromatic nitrogens is 1. The highest BCUT2D eigenvalue weighted by Gasteiger charge is 2.23. The predicted molar refractivity (Wildman–Crippen MR) is 85.3 cm³/mol. The molecule has 2 heterocycles. The fourth-order valence-electron chi connectivity index (χ4n) is 2.64. The average Bonchev–Trinajstić information content (AvgIpc) is 2.97. The maximum atomic E-state index is 11.9. The molecule has 22 heavy (non-hydrogen) atoms. The Balaban J connectivity index is 1.62. The number of carboxylic acid groups (broad SMARTS) is 1. The zero-order valence-electron chi connectivity index (χ0n) is 12.1. The molecular weight excluding hydrogens is 302 g/mol.